The largest absolute Gasteiger partial charge is 0.469 e. The van der Waals surface area contributed by atoms with Crippen LogP contribution in [0.5, 0.6) is 5.75 Å². The maximum atomic E-state index is 12.9. The van der Waals surface area contributed by atoms with Crippen LogP contribution < -0.4 is 4.74 Å². The predicted octanol–water partition coefficient (Wildman–Crippen LogP) is 7.01. The van der Waals surface area contributed by atoms with Crippen molar-refractivity contribution in [2.45, 2.75) is 72.1 Å². The van der Waals surface area contributed by atoms with E-state index >= 15 is 0 Å². The van der Waals surface area contributed by atoms with Crippen LogP contribution in [0.2, 0.25) is 0 Å². The van der Waals surface area contributed by atoms with Crippen LogP contribution in [0.25, 0.3) is 39.3 Å². The first kappa shape index (κ1) is 32.4. The van der Waals surface area contributed by atoms with Gasteiger partial charge in [-0.25, -0.2) is 4.98 Å². The molecular formula is C36H40N4O6. The van der Waals surface area contributed by atoms with Gasteiger partial charge in [0.25, 0.3) is 12.9 Å². The Balaban J connectivity index is 1.98. The molecule has 0 saturated heterocycles. The molecule has 240 valence electrons. The molecule has 10 nitrogen and oxygen atoms in total. The van der Waals surface area contributed by atoms with Crippen molar-refractivity contribution in [3.05, 3.63) is 69.8 Å². The van der Waals surface area contributed by atoms with Crippen molar-refractivity contribution < 1.29 is 28.6 Å². The van der Waals surface area contributed by atoms with Gasteiger partial charge < -0.3 is 24.2 Å². The molecular weight excluding hydrogens is 584 g/mol. The zero-order chi connectivity index (χ0) is 33.1. The molecule has 0 saturated carbocycles. The number of hydrogen-bond acceptors (Lipinski definition) is 8. The molecule has 2 aliphatic rings. The zero-order valence-electron chi connectivity index (χ0n) is 27.2. The van der Waals surface area contributed by atoms with Gasteiger partial charge in [0.15, 0.2) is 5.75 Å². The lowest BCUT2D eigenvalue weighted by atomic mass is 9.85. The summed E-state index contributed by atoms with van der Waals surface area (Å²) in [6, 6.07) is 6.06. The Morgan fingerprint density at radius 3 is 2.41 bits per heavy atom. The Bertz CT molecular complexity index is 1910. The van der Waals surface area contributed by atoms with Gasteiger partial charge in [-0.2, -0.15) is 0 Å². The SMILES string of the molecule is C=Cc1c(C)c2cc3nc(c(CC(=O)OC)c4[nH]c(cc5nc(cc1[nH]2)C(C)=C5CC)c(C)c4OC=O)[C@@H](CCCOC=O)[C@@H]3C. The average molecular weight is 625 g/mol. The maximum absolute atomic E-state index is 12.9. The number of carbonyl (C=O) groups excluding carboxylic acids is 3. The lowest BCUT2D eigenvalue weighted by Gasteiger charge is -2.18. The summed E-state index contributed by atoms with van der Waals surface area (Å²) < 4.78 is 15.7. The first-order valence-corrected chi connectivity index (χ1v) is 15.5. The van der Waals surface area contributed by atoms with Crippen molar-refractivity contribution in [3.63, 3.8) is 0 Å². The topological polar surface area (TPSA) is 136 Å². The number of aromatic nitrogens is 4. The Morgan fingerprint density at radius 1 is 1.00 bits per heavy atom. The number of carbonyl (C=O) groups is 3. The lowest BCUT2D eigenvalue weighted by Crippen LogP contribution is -2.11. The molecule has 0 unspecified atom stereocenters. The Kier molecular flexibility index (Phi) is 9.55. The molecule has 0 aliphatic carbocycles. The summed E-state index contributed by atoms with van der Waals surface area (Å²) in [4.78, 5) is 52.9. The van der Waals surface area contributed by atoms with Crippen molar-refractivity contribution in [2.24, 2.45) is 0 Å². The van der Waals surface area contributed by atoms with E-state index < -0.39 is 5.97 Å². The minimum absolute atomic E-state index is 0.0531. The second kappa shape index (κ2) is 13.6. The number of aryl methyl sites for hydroxylation is 2. The standard InChI is InChI=1S/C36H40N4O6/c1-8-23-19(3)27-14-29-21(5)25(11-10-12-45-17-41)34(39-29)26(13-33(43)44-7)35-36(46-18-42)22(6)30(40-35)16-32-24(9-2)20(4)28(38-32)15-31(23)37-27/h8,14-18,21,25,37,40H,1,9-13H2,2-7H3/t21-,25-/m0/s1. The Morgan fingerprint density at radius 2 is 1.74 bits per heavy atom. The third-order valence-electron chi connectivity index (χ3n) is 9.24. The maximum Gasteiger partial charge on any atom is 0.310 e. The molecule has 3 aromatic rings. The number of ether oxygens (including phenoxy) is 3. The molecule has 10 heteroatoms. The fourth-order valence-corrected chi connectivity index (χ4v) is 6.64. The van der Waals surface area contributed by atoms with Gasteiger partial charge in [0, 0.05) is 50.8 Å². The first-order chi connectivity index (χ1) is 22.2. The molecule has 2 aliphatic heterocycles. The number of aromatic amines is 2. The van der Waals surface area contributed by atoms with Crippen LogP contribution in [-0.4, -0.2) is 52.6 Å². The molecule has 5 rings (SSSR count). The number of nitrogens with zero attached hydrogens (tertiary/aromatic N) is 2. The molecule has 8 bridgehead atoms. The van der Waals surface area contributed by atoms with Crippen molar-refractivity contribution in [1.29, 1.82) is 0 Å². The predicted molar refractivity (Wildman–Crippen MR) is 178 cm³/mol. The summed E-state index contributed by atoms with van der Waals surface area (Å²) in [5.74, 6) is -0.334. The molecule has 3 aromatic heterocycles. The summed E-state index contributed by atoms with van der Waals surface area (Å²) in [5, 5.41) is 0. The van der Waals surface area contributed by atoms with E-state index in [2.05, 4.69) is 43.4 Å². The lowest BCUT2D eigenvalue weighted by molar-refractivity contribution is -0.139. The van der Waals surface area contributed by atoms with E-state index in [0.717, 1.165) is 56.8 Å². The summed E-state index contributed by atoms with van der Waals surface area (Å²) in [7, 11) is 1.34. The van der Waals surface area contributed by atoms with Crippen LogP contribution in [0, 0.1) is 13.8 Å². The van der Waals surface area contributed by atoms with E-state index in [4.69, 9.17) is 24.2 Å². The van der Waals surface area contributed by atoms with Crippen molar-refractivity contribution >= 4 is 58.2 Å². The van der Waals surface area contributed by atoms with Gasteiger partial charge in [-0.15, -0.1) is 0 Å². The molecule has 46 heavy (non-hydrogen) atoms. The van der Waals surface area contributed by atoms with Gasteiger partial charge in [0.05, 0.1) is 42.7 Å². The van der Waals surface area contributed by atoms with Crippen LogP contribution in [0.1, 0.15) is 96.9 Å². The number of allylic oxidation sites excluding steroid dienone is 2. The van der Waals surface area contributed by atoms with Crippen LogP contribution >= 0.6 is 0 Å². The number of hydrogen-bond donors (Lipinski definition) is 2. The quantitative estimate of drug-likeness (QED) is 0.132. The van der Waals surface area contributed by atoms with Gasteiger partial charge in [-0.1, -0.05) is 26.5 Å². The molecule has 0 aromatic carbocycles. The molecule has 2 atom stereocenters. The number of H-pyrrole nitrogens is 2. The minimum atomic E-state index is -0.461. The van der Waals surface area contributed by atoms with Gasteiger partial charge in [-0.3, -0.25) is 19.4 Å². The highest BCUT2D eigenvalue weighted by molar-refractivity contribution is 5.94. The normalized spacial score (nSPS) is 15.9. The number of rotatable bonds is 11. The van der Waals surface area contributed by atoms with E-state index in [1.807, 2.05) is 32.1 Å². The van der Waals surface area contributed by atoms with Gasteiger partial charge >= 0.3 is 5.97 Å². The third-order valence-corrected chi connectivity index (χ3v) is 9.24. The molecule has 0 radical (unpaired) electrons. The number of esters is 1. The highest BCUT2D eigenvalue weighted by atomic mass is 16.5. The highest BCUT2D eigenvalue weighted by Gasteiger charge is 2.33. The smallest absolute Gasteiger partial charge is 0.310 e. The Hall–Kier alpha value is -4.99. The van der Waals surface area contributed by atoms with Crippen LogP contribution in [0.3, 0.4) is 0 Å². The first-order valence-electron chi connectivity index (χ1n) is 15.5. The molecule has 5 heterocycles. The van der Waals surface area contributed by atoms with Gasteiger partial charge in [-0.05, 0) is 74.9 Å². The fraction of sp³-hybridized carbons (Fsp3) is 0.361. The number of methoxy groups -OCH3 is 1. The van der Waals surface area contributed by atoms with E-state index in [1.165, 1.54) is 7.11 Å². The van der Waals surface area contributed by atoms with Gasteiger partial charge in [0.2, 0.25) is 0 Å². The van der Waals surface area contributed by atoms with E-state index in [0.29, 0.717) is 59.4 Å². The average Bonchev–Trinajstić information content (AvgIpc) is 3.71. The van der Waals surface area contributed by atoms with E-state index in [1.54, 1.807) is 0 Å². The van der Waals surface area contributed by atoms with E-state index in [9.17, 15) is 14.4 Å². The fourth-order valence-electron chi connectivity index (χ4n) is 6.64. The third kappa shape index (κ3) is 5.87. The van der Waals surface area contributed by atoms with Crippen LogP contribution in [-0.2, 0) is 30.3 Å². The molecule has 0 amide bonds. The zero-order valence-corrected chi connectivity index (χ0v) is 27.2. The molecule has 2 N–H and O–H groups in total. The van der Waals surface area contributed by atoms with Crippen molar-refractivity contribution in [2.75, 3.05) is 13.7 Å². The summed E-state index contributed by atoms with van der Waals surface area (Å²) in [6.07, 6.45) is 3.74. The highest BCUT2D eigenvalue weighted by Crippen LogP contribution is 2.44. The summed E-state index contributed by atoms with van der Waals surface area (Å²) in [5.41, 5.74) is 11.6. The number of fused-ring (bicyclic) bond motifs is 8. The number of nitrogens with one attached hydrogen (secondary N) is 2. The molecule has 0 spiro atoms. The van der Waals surface area contributed by atoms with E-state index in [-0.39, 0.29) is 24.9 Å². The van der Waals surface area contributed by atoms with Crippen LogP contribution in [0.4, 0.5) is 0 Å². The van der Waals surface area contributed by atoms with Crippen molar-refractivity contribution in [3.8, 4) is 5.75 Å². The summed E-state index contributed by atoms with van der Waals surface area (Å²) in [6.45, 7) is 15.4. The monoisotopic (exact) mass is 624 g/mol. The summed E-state index contributed by atoms with van der Waals surface area (Å²) >= 11 is 0. The van der Waals surface area contributed by atoms with Crippen LogP contribution in [0.15, 0.2) is 24.8 Å². The Labute approximate surface area is 267 Å². The molecule has 0 fully saturated rings. The van der Waals surface area contributed by atoms with Gasteiger partial charge in [0.1, 0.15) is 0 Å². The second-order valence-electron chi connectivity index (χ2n) is 11.7. The second-order valence-corrected chi connectivity index (χ2v) is 11.7. The van der Waals surface area contributed by atoms with Crippen molar-refractivity contribution in [1.82, 2.24) is 19.9 Å². The minimum Gasteiger partial charge on any atom is -0.469 e.